The Balaban J connectivity index is 1.54. The highest BCUT2D eigenvalue weighted by molar-refractivity contribution is 5.83. The van der Waals surface area contributed by atoms with E-state index in [1.807, 2.05) is 0 Å². The smallest absolute Gasteiger partial charge is 0.136 e. The minimum Gasteiger partial charge on any atom is -0.393 e. The Hall–Kier alpha value is -0.370. The number of hydrogen-bond acceptors (Lipinski definition) is 2. The van der Waals surface area contributed by atoms with Crippen molar-refractivity contribution >= 4 is 5.78 Å². The summed E-state index contributed by atoms with van der Waals surface area (Å²) >= 11 is 0. The Morgan fingerprint density at radius 2 is 1.53 bits per heavy atom. The first kappa shape index (κ1) is 12.4. The van der Waals surface area contributed by atoms with Gasteiger partial charge in [-0.25, -0.2) is 0 Å². The van der Waals surface area contributed by atoms with E-state index in [2.05, 4.69) is 0 Å². The van der Waals surface area contributed by atoms with E-state index in [0.29, 0.717) is 11.7 Å². The van der Waals surface area contributed by atoms with E-state index in [1.54, 1.807) is 0 Å². The van der Waals surface area contributed by atoms with Gasteiger partial charge in [0.1, 0.15) is 5.78 Å². The van der Waals surface area contributed by atoms with Crippen molar-refractivity contribution in [1.29, 1.82) is 0 Å². The third kappa shape index (κ3) is 1.90. The molecule has 106 valence electrons. The maximum atomic E-state index is 12.0. The molecule has 19 heavy (non-hydrogen) atoms. The fourth-order valence-electron chi connectivity index (χ4n) is 6.25. The van der Waals surface area contributed by atoms with Gasteiger partial charge in [0.2, 0.25) is 0 Å². The predicted octanol–water partition coefficient (Wildman–Crippen LogP) is 3.18. The molecule has 0 spiro atoms. The van der Waals surface area contributed by atoms with Gasteiger partial charge < -0.3 is 5.11 Å². The first-order valence-corrected chi connectivity index (χ1v) is 8.45. The lowest BCUT2D eigenvalue weighted by Gasteiger charge is -2.52. The van der Waals surface area contributed by atoms with Gasteiger partial charge in [0.15, 0.2) is 0 Å². The molecule has 4 rings (SSSR count). The third-order valence-corrected chi connectivity index (χ3v) is 7.00. The molecule has 2 heteroatoms. The summed E-state index contributed by atoms with van der Waals surface area (Å²) in [4.78, 5) is 12.0. The van der Waals surface area contributed by atoms with Crippen LogP contribution < -0.4 is 0 Å². The Morgan fingerprint density at radius 3 is 2.42 bits per heavy atom. The fourth-order valence-corrected chi connectivity index (χ4v) is 6.25. The van der Waals surface area contributed by atoms with Crippen molar-refractivity contribution < 1.29 is 9.90 Å². The van der Waals surface area contributed by atoms with E-state index in [0.717, 1.165) is 48.9 Å². The molecule has 0 radical (unpaired) electrons. The van der Waals surface area contributed by atoms with Crippen molar-refractivity contribution in [3.63, 3.8) is 0 Å². The summed E-state index contributed by atoms with van der Waals surface area (Å²) in [5.74, 6) is 5.15. The zero-order chi connectivity index (χ0) is 13.0. The lowest BCUT2D eigenvalue weighted by molar-refractivity contribution is -0.124. The van der Waals surface area contributed by atoms with Crippen LogP contribution in [-0.2, 0) is 4.79 Å². The van der Waals surface area contributed by atoms with Gasteiger partial charge in [0.25, 0.3) is 0 Å². The summed E-state index contributed by atoms with van der Waals surface area (Å²) in [5, 5.41) is 9.88. The molecule has 0 saturated heterocycles. The molecule has 0 aromatic heterocycles. The number of carbonyl (C=O) groups excluding carboxylic acids is 1. The lowest BCUT2D eigenvalue weighted by atomic mass is 9.53. The summed E-state index contributed by atoms with van der Waals surface area (Å²) in [5.41, 5.74) is 0. The summed E-state index contributed by atoms with van der Waals surface area (Å²) in [6, 6.07) is 0. The number of aliphatic hydroxyl groups is 1. The molecule has 0 heterocycles. The van der Waals surface area contributed by atoms with Crippen LogP contribution in [-0.4, -0.2) is 17.0 Å². The first-order valence-electron chi connectivity index (χ1n) is 8.45. The van der Waals surface area contributed by atoms with E-state index < -0.39 is 0 Å². The van der Waals surface area contributed by atoms with Crippen molar-refractivity contribution in [1.82, 2.24) is 0 Å². The van der Waals surface area contributed by atoms with Gasteiger partial charge >= 0.3 is 0 Å². The van der Waals surface area contributed by atoms with Crippen LogP contribution in [0.15, 0.2) is 0 Å². The van der Waals surface area contributed by atoms with Gasteiger partial charge in [0.05, 0.1) is 6.10 Å². The maximum Gasteiger partial charge on any atom is 0.136 e. The quantitative estimate of drug-likeness (QED) is 0.728. The highest BCUT2D eigenvalue weighted by Gasteiger charge is 2.51. The minimum absolute atomic E-state index is 0.0257. The summed E-state index contributed by atoms with van der Waals surface area (Å²) in [6.45, 7) is 0. The number of fused-ring (bicyclic) bond motifs is 5. The van der Waals surface area contributed by atoms with Crippen LogP contribution in [0, 0.1) is 35.5 Å². The highest BCUT2D eigenvalue weighted by Crippen LogP contribution is 2.57. The molecule has 0 amide bonds. The summed E-state index contributed by atoms with van der Waals surface area (Å²) < 4.78 is 0. The highest BCUT2D eigenvalue weighted by atomic mass is 16.3. The lowest BCUT2D eigenvalue weighted by Crippen LogP contribution is -2.45. The summed E-state index contributed by atoms with van der Waals surface area (Å²) in [6.07, 6.45) is 10.5. The van der Waals surface area contributed by atoms with E-state index in [4.69, 9.17) is 0 Å². The molecular formula is C17H26O2. The van der Waals surface area contributed by atoms with Crippen molar-refractivity contribution in [2.45, 2.75) is 63.9 Å². The van der Waals surface area contributed by atoms with E-state index in [-0.39, 0.29) is 6.10 Å². The molecule has 1 N–H and O–H groups in total. The van der Waals surface area contributed by atoms with Crippen LogP contribution in [0.4, 0.5) is 0 Å². The van der Waals surface area contributed by atoms with Crippen LogP contribution in [0.3, 0.4) is 0 Å². The second-order valence-corrected chi connectivity index (χ2v) is 7.65. The molecule has 4 aliphatic carbocycles. The van der Waals surface area contributed by atoms with Crippen molar-refractivity contribution in [2.24, 2.45) is 35.5 Å². The first-order chi connectivity index (χ1) is 9.24. The molecule has 0 aromatic carbocycles. The molecule has 2 nitrogen and oxygen atoms in total. The average molecular weight is 262 g/mol. The molecule has 7 unspecified atom stereocenters. The molecule has 0 aromatic rings. The second kappa shape index (κ2) is 4.58. The number of rotatable bonds is 0. The van der Waals surface area contributed by atoms with Crippen molar-refractivity contribution in [2.75, 3.05) is 0 Å². The Labute approximate surface area is 116 Å². The number of aliphatic hydroxyl groups excluding tert-OH is 1. The number of carbonyl (C=O) groups is 1. The molecule has 4 fully saturated rings. The normalized spacial score (nSPS) is 53.3. The van der Waals surface area contributed by atoms with E-state index in [9.17, 15) is 9.90 Å². The monoisotopic (exact) mass is 262 g/mol. The van der Waals surface area contributed by atoms with Gasteiger partial charge in [-0.15, -0.1) is 0 Å². The number of ketones is 1. The van der Waals surface area contributed by atoms with Crippen LogP contribution in [0.1, 0.15) is 57.8 Å². The molecule has 7 atom stereocenters. The standard InChI is InChI=1S/C17H26O2/c18-11-2-4-12-10(9-11)1-3-14-13(12)5-6-16-15(14)7-8-17(16)19/h10-16,18H,1-9H2. The van der Waals surface area contributed by atoms with Gasteiger partial charge in [-0.05, 0) is 81.0 Å². The van der Waals surface area contributed by atoms with Crippen molar-refractivity contribution in [3.05, 3.63) is 0 Å². The molecule has 0 bridgehead atoms. The Bertz CT molecular complexity index is 377. The predicted molar refractivity (Wildman–Crippen MR) is 73.5 cm³/mol. The van der Waals surface area contributed by atoms with E-state index >= 15 is 0 Å². The topological polar surface area (TPSA) is 37.3 Å². The molecule has 0 aliphatic heterocycles. The second-order valence-electron chi connectivity index (χ2n) is 7.65. The van der Waals surface area contributed by atoms with Crippen LogP contribution in [0.25, 0.3) is 0 Å². The zero-order valence-corrected chi connectivity index (χ0v) is 11.8. The van der Waals surface area contributed by atoms with Gasteiger partial charge in [-0.1, -0.05) is 0 Å². The van der Waals surface area contributed by atoms with Gasteiger partial charge in [-0.3, -0.25) is 4.79 Å². The fraction of sp³-hybridized carbons (Fsp3) is 0.941. The minimum atomic E-state index is -0.0257. The van der Waals surface area contributed by atoms with Gasteiger partial charge in [-0.2, -0.15) is 0 Å². The summed E-state index contributed by atoms with van der Waals surface area (Å²) in [7, 11) is 0. The average Bonchev–Trinajstić information content (AvgIpc) is 2.80. The molecule has 4 aliphatic rings. The van der Waals surface area contributed by atoms with Crippen LogP contribution >= 0.6 is 0 Å². The zero-order valence-electron chi connectivity index (χ0n) is 11.8. The van der Waals surface area contributed by atoms with E-state index in [1.165, 1.54) is 38.5 Å². The number of Topliss-reactive ketones (excluding diaryl/α,β-unsaturated/α-hetero) is 1. The van der Waals surface area contributed by atoms with Crippen molar-refractivity contribution in [3.8, 4) is 0 Å². The van der Waals surface area contributed by atoms with Gasteiger partial charge in [0, 0.05) is 12.3 Å². The Kier molecular flexibility index (Phi) is 2.98. The Morgan fingerprint density at radius 1 is 0.789 bits per heavy atom. The van der Waals surface area contributed by atoms with Crippen LogP contribution in [0.5, 0.6) is 0 Å². The largest absolute Gasteiger partial charge is 0.393 e. The maximum absolute atomic E-state index is 12.0. The SMILES string of the molecule is O=C1CCC2C1CCC1C3CCC(O)CC3CCC21. The number of hydrogen-bond donors (Lipinski definition) is 1. The molecular weight excluding hydrogens is 236 g/mol. The van der Waals surface area contributed by atoms with Crippen LogP contribution in [0.2, 0.25) is 0 Å². The third-order valence-electron chi connectivity index (χ3n) is 7.00. The molecule has 4 saturated carbocycles.